The highest BCUT2D eigenvalue weighted by atomic mass is 16.5. The lowest BCUT2D eigenvalue weighted by Crippen LogP contribution is -2.47. The number of amides is 2. The van der Waals surface area contributed by atoms with Gasteiger partial charge >= 0.3 is 6.03 Å². The van der Waals surface area contributed by atoms with Crippen LogP contribution in [0.2, 0.25) is 0 Å². The molecule has 23 heavy (non-hydrogen) atoms. The molecule has 1 aliphatic rings. The topological polar surface area (TPSA) is 58.5 Å². The van der Waals surface area contributed by atoms with Crippen molar-refractivity contribution in [3.8, 4) is 0 Å². The molecule has 0 radical (unpaired) electrons. The van der Waals surface area contributed by atoms with E-state index in [-0.39, 0.29) is 12.1 Å². The molecule has 1 aromatic carbocycles. The number of aromatic nitrogens is 1. The van der Waals surface area contributed by atoms with E-state index in [9.17, 15) is 4.79 Å². The largest absolute Gasteiger partial charge is 0.379 e. The van der Waals surface area contributed by atoms with E-state index < -0.39 is 0 Å². The van der Waals surface area contributed by atoms with E-state index in [4.69, 9.17) is 4.74 Å². The molecule has 0 aliphatic carbocycles. The van der Waals surface area contributed by atoms with Gasteiger partial charge in [0.15, 0.2) is 0 Å². The van der Waals surface area contributed by atoms with Gasteiger partial charge in [-0.25, -0.2) is 4.79 Å². The minimum atomic E-state index is -0.165. The second-order valence-electron chi connectivity index (χ2n) is 6.08. The Morgan fingerprint density at radius 3 is 2.87 bits per heavy atom. The quantitative estimate of drug-likeness (QED) is 0.907. The van der Waals surface area contributed by atoms with Crippen LogP contribution in [0.4, 0.5) is 10.5 Å². The number of hydrogen-bond acceptors (Lipinski definition) is 3. The lowest BCUT2D eigenvalue weighted by atomic mass is 10.2. The van der Waals surface area contributed by atoms with Gasteiger partial charge < -0.3 is 19.9 Å². The number of fused-ring (bicyclic) bond motifs is 1. The van der Waals surface area contributed by atoms with Gasteiger partial charge in [0, 0.05) is 49.8 Å². The first-order chi connectivity index (χ1) is 11.1. The summed E-state index contributed by atoms with van der Waals surface area (Å²) in [5.41, 5.74) is 1.93. The molecule has 0 unspecified atom stereocenters. The third-order valence-corrected chi connectivity index (χ3v) is 4.19. The molecule has 1 aromatic heterocycles. The van der Waals surface area contributed by atoms with Crippen molar-refractivity contribution in [1.82, 2.24) is 14.8 Å². The fourth-order valence-electron chi connectivity index (χ4n) is 3.01. The zero-order valence-corrected chi connectivity index (χ0v) is 13.7. The van der Waals surface area contributed by atoms with Crippen LogP contribution in [0.1, 0.15) is 6.92 Å². The Labute approximate surface area is 136 Å². The Bertz CT molecular complexity index is 676. The third kappa shape index (κ3) is 3.83. The van der Waals surface area contributed by atoms with E-state index in [1.807, 2.05) is 49.0 Å². The van der Waals surface area contributed by atoms with Crippen molar-refractivity contribution < 1.29 is 9.53 Å². The molecule has 6 heteroatoms. The van der Waals surface area contributed by atoms with Crippen LogP contribution in [0.25, 0.3) is 10.9 Å². The van der Waals surface area contributed by atoms with E-state index in [1.165, 1.54) is 0 Å². The molecular weight excluding hydrogens is 292 g/mol. The average Bonchev–Trinajstić information content (AvgIpc) is 2.91. The normalized spacial score (nSPS) is 17.1. The number of urea groups is 1. The standard InChI is InChI=1S/C17H24N4O2/c1-13(12-21-8-10-23-11-9-21)18-17(22)19-15-4-3-5-16-14(15)6-7-20(16)2/h3-7,13H,8-12H2,1-2H3,(H2,18,19,22)/t13-/m1/s1. The molecule has 124 valence electrons. The second kappa shape index (κ2) is 7.02. The van der Waals surface area contributed by atoms with Gasteiger partial charge in [-0.3, -0.25) is 4.90 Å². The first-order valence-electron chi connectivity index (χ1n) is 8.05. The van der Waals surface area contributed by atoms with E-state index in [0.29, 0.717) is 0 Å². The lowest BCUT2D eigenvalue weighted by molar-refractivity contribution is 0.0350. The molecule has 2 amide bonds. The molecule has 0 spiro atoms. The van der Waals surface area contributed by atoms with Crippen LogP contribution in [-0.4, -0.2) is 54.4 Å². The Kier molecular flexibility index (Phi) is 4.83. The van der Waals surface area contributed by atoms with Gasteiger partial charge in [0.1, 0.15) is 0 Å². The number of nitrogens with one attached hydrogen (secondary N) is 2. The van der Waals surface area contributed by atoms with Gasteiger partial charge in [0.25, 0.3) is 0 Å². The zero-order valence-electron chi connectivity index (χ0n) is 13.7. The molecule has 1 saturated heterocycles. The average molecular weight is 316 g/mol. The van der Waals surface area contributed by atoms with Gasteiger partial charge in [-0.05, 0) is 25.1 Å². The van der Waals surface area contributed by atoms with Gasteiger partial charge in [-0.15, -0.1) is 0 Å². The van der Waals surface area contributed by atoms with Crippen LogP contribution in [-0.2, 0) is 11.8 Å². The van der Waals surface area contributed by atoms with E-state index in [0.717, 1.165) is 49.4 Å². The van der Waals surface area contributed by atoms with Crippen molar-refractivity contribution in [2.45, 2.75) is 13.0 Å². The summed E-state index contributed by atoms with van der Waals surface area (Å²) in [7, 11) is 2.00. The van der Waals surface area contributed by atoms with Crippen LogP contribution < -0.4 is 10.6 Å². The van der Waals surface area contributed by atoms with Crippen molar-refractivity contribution in [2.75, 3.05) is 38.2 Å². The van der Waals surface area contributed by atoms with Crippen LogP contribution in [0.5, 0.6) is 0 Å². The third-order valence-electron chi connectivity index (χ3n) is 4.19. The molecule has 2 aromatic rings. The lowest BCUT2D eigenvalue weighted by Gasteiger charge is -2.29. The molecule has 2 N–H and O–H groups in total. The number of benzene rings is 1. The summed E-state index contributed by atoms with van der Waals surface area (Å²) in [6.45, 7) is 6.27. The minimum absolute atomic E-state index is 0.0862. The molecule has 2 heterocycles. The number of aryl methyl sites for hydroxylation is 1. The molecule has 0 bridgehead atoms. The Balaban J connectivity index is 1.57. The molecule has 1 atom stereocenters. The second-order valence-corrected chi connectivity index (χ2v) is 6.08. The van der Waals surface area contributed by atoms with Crippen LogP contribution in [0, 0.1) is 0 Å². The molecule has 1 aliphatic heterocycles. The van der Waals surface area contributed by atoms with Gasteiger partial charge in [0.05, 0.1) is 18.9 Å². The summed E-state index contributed by atoms with van der Waals surface area (Å²) < 4.78 is 7.38. The molecule has 6 nitrogen and oxygen atoms in total. The predicted molar refractivity (Wildman–Crippen MR) is 91.8 cm³/mol. The minimum Gasteiger partial charge on any atom is -0.379 e. The van der Waals surface area contributed by atoms with Crippen molar-refractivity contribution >= 4 is 22.6 Å². The zero-order chi connectivity index (χ0) is 16.2. The van der Waals surface area contributed by atoms with E-state index in [2.05, 4.69) is 15.5 Å². The summed E-state index contributed by atoms with van der Waals surface area (Å²) in [5, 5.41) is 7.01. The van der Waals surface area contributed by atoms with Crippen molar-refractivity contribution in [1.29, 1.82) is 0 Å². The SMILES string of the molecule is C[C@H](CN1CCOCC1)NC(=O)Nc1cccc2c1ccn2C. The summed E-state index contributed by atoms with van der Waals surface area (Å²) >= 11 is 0. The van der Waals surface area contributed by atoms with E-state index in [1.54, 1.807) is 0 Å². The van der Waals surface area contributed by atoms with Crippen molar-refractivity contribution in [3.05, 3.63) is 30.5 Å². The summed E-state index contributed by atoms with van der Waals surface area (Å²) in [6, 6.07) is 7.86. The molecular formula is C17H24N4O2. The maximum Gasteiger partial charge on any atom is 0.319 e. The highest BCUT2D eigenvalue weighted by molar-refractivity contribution is 6.00. The highest BCUT2D eigenvalue weighted by Gasteiger charge is 2.15. The smallest absolute Gasteiger partial charge is 0.319 e. The molecule has 0 saturated carbocycles. The predicted octanol–water partition coefficient (Wildman–Crippen LogP) is 2.02. The van der Waals surface area contributed by atoms with Crippen molar-refractivity contribution in [3.63, 3.8) is 0 Å². The molecule has 1 fully saturated rings. The van der Waals surface area contributed by atoms with Gasteiger partial charge in [-0.2, -0.15) is 0 Å². The Morgan fingerprint density at radius 1 is 1.30 bits per heavy atom. The summed E-state index contributed by atoms with van der Waals surface area (Å²) in [6.07, 6.45) is 1.99. The van der Waals surface area contributed by atoms with E-state index >= 15 is 0 Å². The Hall–Kier alpha value is -2.05. The number of rotatable bonds is 4. The van der Waals surface area contributed by atoms with Crippen LogP contribution >= 0.6 is 0 Å². The number of morpholine rings is 1. The maximum atomic E-state index is 12.2. The summed E-state index contributed by atoms with van der Waals surface area (Å²) in [5.74, 6) is 0. The number of carbonyl (C=O) groups is 1. The van der Waals surface area contributed by atoms with Crippen LogP contribution in [0.3, 0.4) is 0 Å². The van der Waals surface area contributed by atoms with Crippen molar-refractivity contribution in [2.24, 2.45) is 7.05 Å². The number of ether oxygens (including phenoxy) is 1. The van der Waals surface area contributed by atoms with Gasteiger partial charge in [0.2, 0.25) is 0 Å². The molecule has 3 rings (SSSR count). The van der Waals surface area contributed by atoms with Crippen LogP contribution in [0.15, 0.2) is 30.5 Å². The fourth-order valence-corrected chi connectivity index (χ4v) is 3.01. The number of carbonyl (C=O) groups excluding carboxylic acids is 1. The monoisotopic (exact) mass is 316 g/mol. The first kappa shape index (κ1) is 15.8. The number of nitrogens with zero attached hydrogens (tertiary/aromatic N) is 2. The summed E-state index contributed by atoms with van der Waals surface area (Å²) in [4.78, 5) is 14.6. The number of hydrogen-bond donors (Lipinski definition) is 2. The highest BCUT2D eigenvalue weighted by Crippen LogP contribution is 2.23. The number of anilines is 1. The maximum absolute atomic E-state index is 12.2. The van der Waals surface area contributed by atoms with Gasteiger partial charge in [-0.1, -0.05) is 6.07 Å². The fraction of sp³-hybridized carbons (Fsp3) is 0.471. The first-order valence-corrected chi connectivity index (χ1v) is 8.05. The Morgan fingerprint density at radius 2 is 2.09 bits per heavy atom.